The van der Waals surface area contributed by atoms with Crippen LogP contribution in [0.25, 0.3) is 0 Å². The van der Waals surface area contributed by atoms with Gasteiger partial charge in [0.15, 0.2) is 0 Å². The first-order valence-electron chi connectivity index (χ1n) is 5.43. The molecule has 0 amide bonds. The van der Waals surface area contributed by atoms with Crippen molar-refractivity contribution in [3.8, 4) is 5.75 Å². The maximum absolute atomic E-state index is 9.68. The molecule has 0 aromatic heterocycles. The molecule has 0 aliphatic carbocycles. The van der Waals surface area contributed by atoms with E-state index in [9.17, 15) is 10.2 Å². The fourth-order valence-electron chi connectivity index (χ4n) is 2.07. The number of benzene rings is 1. The second-order valence-electron chi connectivity index (χ2n) is 4.11. The van der Waals surface area contributed by atoms with Gasteiger partial charge in [0.05, 0.1) is 24.9 Å². The molecule has 0 radical (unpaired) electrons. The van der Waals surface area contributed by atoms with E-state index in [4.69, 9.17) is 9.84 Å². The number of aliphatic hydroxyl groups excluding tert-OH is 2. The number of aliphatic hydroxyl groups is 2. The molecular weight excluding hydrogens is 208 g/mol. The standard InChI is InChI=1S/C12H16O4/c13-7-9-5-8(14)6-12(16-9)10-3-1-2-4-11(10)15/h1-4,8-9,12-15H,5-7H2. The lowest BCUT2D eigenvalue weighted by molar-refractivity contribution is -0.114. The molecule has 0 spiro atoms. The van der Waals surface area contributed by atoms with Gasteiger partial charge in [-0.05, 0) is 6.07 Å². The third kappa shape index (κ3) is 2.35. The third-order valence-electron chi connectivity index (χ3n) is 2.87. The molecule has 1 aromatic rings. The van der Waals surface area contributed by atoms with Crippen molar-refractivity contribution in [3.05, 3.63) is 29.8 Å². The van der Waals surface area contributed by atoms with Crippen LogP contribution in [0.15, 0.2) is 24.3 Å². The molecule has 4 nitrogen and oxygen atoms in total. The van der Waals surface area contributed by atoms with Gasteiger partial charge in [0.25, 0.3) is 0 Å². The Morgan fingerprint density at radius 3 is 2.69 bits per heavy atom. The third-order valence-corrected chi connectivity index (χ3v) is 2.87. The van der Waals surface area contributed by atoms with Crippen LogP contribution in [-0.4, -0.2) is 34.1 Å². The molecule has 3 unspecified atom stereocenters. The van der Waals surface area contributed by atoms with Gasteiger partial charge in [0, 0.05) is 18.4 Å². The van der Waals surface area contributed by atoms with E-state index in [1.807, 2.05) is 6.07 Å². The normalized spacial score (nSPS) is 30.2. The number of rotatable bonds is 2. The molecule has 3 N–H and O–H groups in total. The van der Waals surface area contributed by atoms with Crippen molar-refractivity contribution in [1.82, 2.24) is 0 Å². The summed E-state index contributed by atoms with van der Waals surface area (Å²) >= 11 is 0. The number of ether oxygens (including phenoxy) is 1. The Balaban J connectivity index is 2.17. The summed E-state index contributed by atoms with van der Waals surface area (Å²) in [5.41, 5.74) is 0.666. The molecule has 1 fully saturated rings. The lowest BCUT2D eigenvalue weighted by atomic mass is 9.96. The van der Waals surface area contributed by atoms with Crippen LogP contribution in [0.1, 0.15) is 24.5 Å². The van der Waals surface area contributed by atoms with Gasteiger partial charge in [0.1, 0.15) is 5.75 Å². The molecule has 3 atom stereocenters. The number of phenols is 1. The fourth-order valence-corrected chi connectivity index (χ4v) is 2.07. The van der Waals surface area contributed by atoms with Gasteiger partial charge in [-0.2, -0.15) is 0 Å². The lowest BCUT2D eigenvalue weighted by Crippen LogP contribution is -2.33. The monoisotopic (exact) mass is 224 g/mol. The van der Waals surface area contributed by atoms with E-state index in [1.165, 1.54) is 0 Å². The summed E-state index contributed by atoms with van der Waals surface area (Å²) in [5.74, 6) is 0.165. The molecule has 88 valence electrons. The van der Waals surface area contributed by atoms with Crippen molar-refractivity contribution in [1.29, 1.82) is 0 Å². The first kappa shape index (κ1) is 11.4. The van der Waals surface area contributed by atoms with Crippen molar-refractivity contribution in [3.63, 3.8) is 0 Å². The van der Waals surface area contributed by atoms with E-state index in [1.54, 1.807) is 18.2 Å². The highest BCUT2D eigenvalue weighted by atomic mass is 16.5. The zero-order valence-corrected chi connectivity index (χ0v) is 8.91. The molecule has 1 saturated heterocycles. The fraction of sp³-hybridized carbons (Fsp3) is 0.500. The molecule has 16 heavy (non-hydrogen) atoms. The Bertz CT molecular complexity index is 353. The van der Waals surface area contributed by atoms with Crippen molar-refractivity contribution >= 4 is 0 Å². The van der Waals surface area contributed by atoms with E-state index >= 15 is 0 Å². The van der Waals surface area contributed by atoms with E-state index in [0.717, 1.165) is 0 Å². The number of para-hydroxylation sites is 1. The highest BCUT2D eigenvalue weighted by Crippen LogP contribution is 2.35. The van der Waals surface area contributed by atoms with Crippen LogP contribution in [0.4, 0.5) is 0 Å². The van der Waals surface area contributed by atoms with Crippen molar-refractivity contribution < 1.29 is 20.1 Å². The summed E-state index contributed by atoms with van der Waals surface area (Å²) < 4.78 is 5.60. The van der Waals surface area contributed by atoms with Crippen LogP contribution in [-0.2, 0) is 4.74 Å². The average molecular weight is 224 g/mol. The number of phenolic OH excluding ortho intramolecular Hbond substituents is 1. The summed E-state index contributed by atoms with van der Waals surface area (Å²) in [6, 6.07) is 6.91. The Hall–Kier alpha value is -1.10. The predicted molar refractivity (Wildman–Crippen MR) is 58.0 cm³/mol. The summed E-state index contributed by atoms with van der Waals surface area (Å²) in [4.78, 5) is 0. The van der Waals surface area contributed by atoms with Crippen molar-refractivity contribution in [2.45, 2.75) is 31.2 Å². The number of hydrogen-bond acceptors (Lipinski definition) is 4. The summed E-state index contributed by atoms with van der Waals surface area (Å²) in [7, 11) is 0. The molecule has 1 aliphatic rings. The quantitative estimate of drug-likeness (QED) is 0.700. The largest absolute Gasteiger partial charge is 0.508 e. The first-order chi connectivity index (χ1) is 7.70. The van der Waals surface area contributed by atoms with E-state index in [2.05, 4.69) is 0 Å². The molecule has 2 rings (SSSR count). The van der Waals surface area contributed by atoms with Crippen LogP contribution in [0.2, 0.25) is 0 Å². The minimum atomic E-state index is -0.490. The first-order valence-corrected chi connectivity index (χ1v) is 5.43. The zero-order valence-electron chi connectivity index (χ0n) is 8.91. The molecule has 4 heteroatoms. The van der Waals surface area contributed by atoms with Crippen LogP contribution < -0.4 is 0 Å². The Labute approximate surface area is 94.1 Å². The molecule has 1 aliphatic heterocycles. The molecule has 1 aromatic carbocycles. The van der Waals surface area contributed by atoms with Gasteiger partial charge >= 0.3 is 0 Å². The van der Waals surface area contributed by atoms with Crippen molar-refractivity contribution in [2.75, 3.05) is 6.61 Å². The highest BCUT2D eigenvalue weighted by Gasteiger charge is 2.30. The van der Waals surface area contributed by atoms with Crippen LogP contribution in [0.5, 0.6) is 5.75 Å². The molecular formula is C12H16O4. The van der Waals surface area contributed by atoms with Gasteiger partial charge in [-0.15, -0.1) is 0 Å². The lowest BCUT2D eigenvalue weighted by Gasteiger charge is -2.32. The van der Waals surface area contributed by atoms with E-state index < -0.39 is 6.10 Å². The molecule has 0 bridgehead atoms. The minimum absolute atomic E-state index is 0.110. The Morgan fingerprint density at radius 1 is 1.25 bits per heavy atom. The van der Waals surface area contributed by atoms with Gasteiger partial charge < -0.3 is 20.1 Å². The Kier molecular flexibility index (Phi) is 3.43. The second-order valence-corrected chi connectivity index (χ2v) is 4.11. The average Bonchev–Trinajstić information content (AvgIpc) is 2.28. The van der Waals surface area contributed by atoms with Crippen LogP contribution in [0.3, 0.4) is 0 Å². The van der Waals surface area contributed by atoms with Gasteiger partial charge in [-0.1, -0.05) is 18.2 Å². The van der Waals surface area contributed by atoms with Crippen LogP contribution >= 0.6 is 0 Å². The highest BCUT2D eigenvalue weighted by molar-refractivity contribution is 5.34. The minimum Gasteiger partial charge on any atom is -0.508 e. The van der Waals surface area contributed by atoms with Crippen LogP contribution in [0, 0.1) is 0 Å². The zero-order chi connectivity index (χ0) is 11.5. The molecule has 0 saturated carbocycles. The number of aromatic hydroxyl groups is 1. The summed E-state index contributed by atoms with van der Waals surface area (Å²) in [6.07, 6.45) is -0.291. The molecule has 1 heterocycles. The SMILES string of the molecule is OCC1CC(O)CC(c2ccccc2O)O1. The predicted octanol–water partition coefficient (Wildman–Crippen LogP) is 0.965. The smallest absolute Gasteiger partial charge is 0.121 e. The number of hydrogen-bond donors (Lipinski definition) is 3. The summed E-state index contributed by atoms with van der Waals surface area (Å²) in [5, 5.41) is 28.4. The van der Waals surface area contributed by atoms with E-state index in [0.29, 0.717) is 18.4 Å². The maximum atomic E-state index is 9.68. The second kappa shape index (κ2) is 4.82. The topological polar surface area (TPSA) is 69.9 Å². The Morgan fingerprint density at radius 2 is 2.00 bits per heavy atom. The summed E-state index contributed by atoms with van der Waals surface area (Å²) in [6.45, 7) is -0.110. The maximum Gasteiger partial charge on any atom is 0.121 e. The van der Waals surface area contributed by atoms with Crippen molar-refractivity contribution in [2.24, 2.45) is 0 Å². The van der Waals surface area contributed by atoms with Gasteiger partial charge in [-0.25, -0.2) is 0 Å². The van der Waals surface area contributed by atoms with E-state index in [-0.39, 0.29) is 24.6 Å². The van der Waals surface area contributed by atoms with Gasteiger partial charge in [0.2, 0.25) is 0 Å². The van der Waals surface area contributed by atoms with Gasteiger partial charge in [-0.3, -0.25) is 0 Å².